The average Bonchev–Trinajstić information content (AvgIpc) is 2.68. The van der Waals surface area contributed by atoms with Gasteiger partial charge in [0, 0.05) is 19.3 Å². The summed E-state index contributed by atoms with van der Waals surface area (Å²) in [5, 5.41) is 6.40. The maximum absolute atomic E-state index is 11.8. The number of rotatable bonds is 4. The minimum Gasteiger partial charge on any atom is -0.339 e. The van der Waals surface area contributed by atoms with Crippen molar-refractivity contribution < 1.29 is 4.79 Å². The SMILES string of the molecule is CCCC(C)N(C)C(=O)c1cn[nH]c1. The third-order valence-corrected chi connectivity index (χ3v) is 2.43. The largest absolute Gasteiger partial charge is 0.339 e. The molecule has 78 valence electrons. The van der Waals surface area contributed by atoms with Crippen molar-refractivity contribution in [3.05, 3.63) is 18.0 Å². The van der Waals surface area contributed by atoms with Gasteiger partial charge in [0.05, 0.1) is 11.8 Å². The molecule has 0 aromatic carbocycles. The molecule has 1 amide bonds. The molecule has 0 saturated carbocycles. The van der Waals surface area contributed by atoms with Crippen LogP contribution in [0.15, 0.2) is 12.4 Å². The molecule has 1 unspecified atom stereocenters. The monoisotopic (exact) mass is 195 g/mol. The van der Waals surface area contributed by atoms with Gasteiger partial charge in [-0.2, -0.15) is 5.10 Å². The molecule has 0 spiro atoms. The number of aromatic nitrogens is 2. The van der Waals surface area contributed by atoms with Crippen LogP contribution in [0, 0.1) is 0 Å². The van der Waals surface area contributed by atoms with Crippen LogP contribution >= 0.6 is 0 Å². The highest BCUT2D eigenvalue weighted by Crippen LogP contribution is 2.08. The van der Waals surface area contributed by atoms with E-state index < -0.39 is 0 Å². The Morgan fingerprint density at radius 2 is 2.43 bits per heavy atom. The molecule has 0 aliphatic heterocycles. The number of carbonyl (C=O) groups excluding carboxylic acids is 1. The van der Waals surface area contributed by atoms with Gasteiger partial charge in [0.25, 0.3) is 5.91 Å². The molecular weight excluding hydrogens is 178 g/mol. The summed E-state index contributed by atoms with van der Waals surface area (Å²) in [5.41, 5.74) is 0.621. The topological polar surface area (TPSA) is 49.0 Å². The van der Waals surface area contributed by atoms with Gasteiger partial charge >= 0.3 is 0 Å². The highest BCUT2D eigenvalue weighted by atomic mass is 16.2. The Kier molecular flexibility index (Phi) is 3.68. The fourth-order valence-electron chi connectivity index (χ4n) is 1.38. The molecule has 1 N–H and O–H groups in total. The number of aromatic amines is 1. The number of carbonyl (C=O) groups is 1. The lowest BCUT2D eigenvalue weighted by Crippen LogP contribution is -2.34. The van der Waals surface area contributed by atoms with E-state index in [-0.39, 0.29) is 11.9 Å². The molecule has 0 fully saturated rings. The van der Waals surface area contributed by atoms with E-state index in [1.165, 1.54) is 0 Å². The van der Waals surface area contributed by atoms with Crippen LogP contribution < -0.4 is 0 Å². The van der Waals surface area contributed by atoms with E-state index in [0.717, 1.165) is 12.8 Å². The number of hydrogen-bond acceptors (Lipinski definition) is 2. The Labute approximate surface area is 84.3 Å². The summed E-state index contributed by atoms with van der Waals surface area (Å²) in [4.78, 5) is 13.5. The summed E-state index contributed by atoms with van der Waals surface area (Å²) in [6.07, 6.45) is 5.29. The lowest BCUT2D eigenvalue weighted by Gasteiger charge is -2.23. The quantitative estimate of drug-likeness (QED) is 0.794. The number of H-pyrrole nitrogens is 1. The zero-order valence-electron chi connectivity index (χ0n) is 8.95. The van der Waals surface area contributed by atoms with Crippen LogP contribution in [0.2, 0.25) is 0 Å². The average molecular weight is 195 g/mol. The first-order valence-electron chi connectivity index (χ1n) is 4.92. The van der Waals surface area contributed by atoms with Gasteiger partial charge in [-0.15, -0.1) is 0 Å². The van der Waals surface area contributed by atoms with E-state index in [1.807, 2.05) is 7.05 Å². The molecule has 0 saturated heterocycles. The number of nitrogens with zero attached hydrogens (tertiary/aromatic N) is 2. The Morgan fingerprint density at radius 1 is 1.71 bits per heavy atom. The van der Waals surface area contributed by atoms with Crippen molar-refractivity contribution in [1.29, 1.82) is 0 Å². The highest BCUT2D eigenvalue weighted by molar-refractivity contribution is 5.93. The minimum atomic E-state index is 0.0275. The Balaban J connectivity index is 2.61. The van der Waals surface area contributed by atoms with Crippen LogP contribution in [0.3, 0.4) is 0 Å². The van der Waals surface area contributed by atoms with Gasteiger partial charge in [-0.25, -0.2) is 0 Å². The predicted octanol–water partition coefficient (Wildman–Crippen LogP) is 1.67. The van der Waals surface area contributed by atoms with E-state index in [9.17, 15) is 4.79 Å². The van der Waals surface area contributed by atoms with Crippen molar-refractivity contribution in [2.24, 2.45) is 0 Å². The molecule has 4 heteroatoms. The Morgan fingerprint density at radius 3 is 2.93 bits per heavy atom. The number of hydrogen-bond donors (Lipinski definition) is 1. The van der Waals surface area contributed by atoms with Crippen molar-refractivity contribution in [2.45, 2.75) is 32.7 Å². The molecule has 4 nitrogen and oxygen atoms in total. The molecule has 0 bridgehead atoms. The number of nitrogens with one attached hydrogen (secondary N) is 1. The normalized spacial score (nSPS) is 12.5. The highest BCUT2D eigenvalue weighted by Gasteiger charge is 2.17. The maximum Gasteiger partial charge on any atom is 0.257 e. The van der Waals surface area contributed by atoms with Gasteiger partial charge in [0.15, 0.2) is 0 Å². The van der Waals surface area contributed by atoms with Crippen molar-refractivity contribution in [3.8, 4) is 0 Å². The van der Waals surface area contributed by atoms with E-state index >= 15 is 0 Å². The van der Waals surface area contributed by atoms with Crippen LogP contribution in [-0.4, -0.2) is 34.1 Å². The molecule has 1 rings (SSSR count). The second-order valence-electron chi connectivity index (χ2n) is 3.54. The van der Waals surface area contributed by atoms with Crippen molar-refractivity contribution in [2.75, 3.05) is 7.05 Å². The molecule has 1 atom stereocenters. The standard InChI is InChI=1S/C10H17N3O/c1-4-5-8(2)13(3)10(14)9-6-11-12-7-9/h6-8H,4-5H2,1-3H3,(H,11,12). The van der Waals surface area contributed by atoms with Crippen LogP contribution in [0.25, 0.3) is 0 Å². The van der Waals surface area contributed by atoms with Gasteiger partial charge in [0.2, 0.25) is 0 Å². The summed E-state index contributed by atoms with van der Waals surface area (Å²) in [6.45, 7) is 4.17. The van der Waals surface area contributed by atoms with Gasteiger partial charge in [-0.1, -0.05) is 13.3 Å². The summed E-state index contributed by atoms with van der Waals surface area (Å²) >= 11 is 0. The second-order valence-corrected chi connectivity index (χ2v) is 3.54. The van der Waals surface area contributed by atoms with Crippen molar-refractivity contribution in [3.63, 3.8) is 0 Å². The first kappa shape index (κ1) is 10.8. The lowest BCUT2D eigenvalue weighted by atomic mass is 10.1. The predicted molar refractivity (Wildman–Crippen MR) is 55.1 cm³/mol. The van der Waals surface area contributed by atoms with E-state index in [1.54, 1.807) is 17.3 Å². The second kappa shape index (κ2) is 4.79. The van der Waals surface area contributed by atoms with Crippen LogP contribution in [0.1, 0.15) is 37.0 Å². The summed E-state index contributed by atoms with van der Waals surface area (Å²) in [6, 6.07) is 0.280. The van der Waals surface area contributed by atoms with Gasteiger partial charge in [0.1, 0.15) is 0 Å². The Bertz CT molecular complexity index is 282. The maximum atomic E-state index is 11.8. The fraction of sp³-hybridized carbons (Fsp3) is 0.600. The molecule has 1 heterocycles. The fourth-order valence-corrected chi connectivity index (χ4v) is 1.38. The Hall–Kier alpha value is -1.32. The first-order valence-corrected chi connectivity index (χ1v) is 4.92. The van der Waals surface area contributed by atoms with Crippen LogP contribution in [-0.2, 0) is 0 Å². The van der Waals surface area contributed by atoms with E-state index in [0.29, 0.717) is 5.56 Å². The summed E-state index contributed by atoms with van der Waals surface area (Å²) < 4.78 is 0. The van der Waals surface area contributed by atoms with Crippen LogP contribution in [0.5, 0.6) is 0 Å². The summed E-state index contributed by atoms with van der Waals surface area (Å²) in [7, 11) is 1.83. The van der Waals surface area contributed by atoms with Gasteiger partial charge in [-0.3, -0.25) is 9.89 Å². The van der Waals surface area contributed by atoms with Crippen LogP contribution in [0.4, 0.5) is 0 Å². The third-order valence-electron chi connectivity index (χ3n) is 2.43. The van der Waals surface area contributed by atoms with Gasteiger partial charge in [-0.05, 0) is 13.3 Å². The molecular formula is C10H17N3O. The minimum absolute atomic E-state index is 0.0275. The molecule has 1 aromatic rings. The molecule has 0 radical (unpaired) electrons. The molecule has 0 aliphatic carbocycles. The van der Waals surface area contributed by atoms with Crippen molar-refractivity contribution in [1.82, 2.24) is 15.1 Å². The molecule has 14 heavy (non-hydrogen) atoms. The molecule has 0 aliphatic rings. The van der Waals surface area contributed by atoms with Crippen molar-refractivity contribution >= 4 is 5.91 Å². The first-order chi connectivity index (χ1) is 6.66. The van der Waals surface area contributed by atoms with Gasteiger partial charge < -0.3 is 4.90 Å². The lowest BCUT2D eigenvalue weighted by molar-refractivity contribution is 0.0737. The zero-order chi connectivity index (χ0) is 10.6. The van der Waals surface area contributed by atoms with E-state index in [2.05, 4.69) is 24.0 Å². The zero-order valence-corrected chi connectivity index (χ0v) is 8.95. The third kappa shape index (κ3) is 2.34. The van der Waals surface area contributed by atoms with E-state index in [4.69, 9.17) is 0 Å². The molecule has 1 aromatic heterocycles. The number of amides is 1. The summed E-state index contributed by atoms with van der Waals surface area (Å²) in [5.74, 6) is 0.0275. The smallest absolute Gasteiger partial charge is 0.257 e.